The van der Waals surface area contributed by atoms with Gasteiger partial charge >= 0.3 is 0 Å². The van der Waals surface area contributed by atoms with Crippen LogP contribution in [0.25, 0.3) is 0 Å². The molecule has 0 radical (unpaired) electrons. The molecule has 2 N–H and O–H groups in total. The van der Waals surface area contributed by atoms with Crippen LogP contribution in [0.3, 0.4) is 0 Å². The third-order valence-corrected chi connectivity index (χ3v) is 1.86. The molecule has 0 aliphatic heterocycles. The summed E-state index contributed by atoms with van der Waals surface area (Å²) in [5.41, 5.74) is 0. The van der Waals surface area contributed by atoms with Gasteiger partial charge in [0.05, 0.1) is 0 Å². The van der Waals surface area contributed by atoms with Crippen LogP contribution in [-0.4, -0.2) is 36.0 Å². The third kappa shape index (κ3) is 8.44. The van der Waals surface area contributed by atoms with E-state index < -0.39 is 12.6 Å². The molecule has 4 heteroatoms. The van der Waals surface area contributed by atoms with E-state index in [0.717, 1.165) is 12.8 Å². The first-order valence-corrected chi connectivity index (χ1v) is 5.30. The van der Waals surface area contributed by atoms with Crippen LogP contribution in [0.5, 0.6) is 0 Å². The molecule has 86 valence electrons. The number of unbranched alkanes of at least 4 members (excludes halogenated alkanes) is 1. The van der Waals surface area contributed by atoms with E-state index in [9.17, 15) is 0 Å². The third-order valence-electron chi connectivity index (χ3n) is 1.86. The normalized spacial score (nSPS) is 15.4. The Balaban J connectivity index is 3.06. The van der Waals surface area contributed by atoms with E-state index >= 15 is 0 Å². The molecule has 14 heavy (non-hydrogen) atoms. The highest BCUT2D eigenvalue weighted by Gasteiger charge is 2.01. The predicted octanol–water partition coefficient (Wildman–Crippen LogP) is 1.26. The summed E-state index contributed by atoms with van der Waals surface area (Å²) >= 11 is 0. The molecule has 0 saturated carbocycles. The molecule has 0 bridgehead atoms. The van der Waals surface area contributed by atoms with Crippen molar-refractivity contribution in [2.75, 3.05) is 13.2 Å². The molecule has 0 spiro atoms. The van der Waals surface area contributed by atoms with E-state index in [2.05, 4.69) is 0 Å². The Labute approximate surface area is 85.8 Å². The van der Waals surface area contributed by atoms with Crippen molar-refractivity contribution in [2.45, 2.75) is 52.1 Å². The lowest BCUT2D eigenvalue weighted by Crippen LogP contribution is -2.13. The standard InChI is InChI=1S/C10H22O4/c1-3-9(11)13-7-5-6-8-14-10(12)4-2/h9-12H,3-8H2,1-2H3. The van der Waals surface area contributed by atoms with Crippen molar-refractivity contribution in [1.82, 2.24) is 0 Å². The number of ether oxygens (including phenoxy) is 2. The second-order valence-electron chi connectivity index (χ2n) is 3.17. The van der Waals surface area contributed by atoms with Gasteiger partial charge in [-0.3, -0.25) is 0 Å². The summed E-state index contributed by atoms with van der Waals surface area (Å²) in [6.07, 6.45) is 1.63. The van der Waals surface area contributed by atoms with Crippen LogP contribution in [0.2, 0.25) is 0 Å². The minimum atomic E-state index is -0.642. The van der Waals surface area contributed by atoms with Crippen LogP contribution in [0, 0.1) is 0 Å². The SMILES string of the molecule is CCC(O)OCCCCOC(O)CC. The second-order valence-corrected chi connectivity index (χ2v) is 3.17. The van der Waals surface area contributed by atoms with Crippen LogP contribution in [0.1, 0.15) is 39.5 Å². The first-order chi connectivity index (χ1) is 6.70. The Morgan fingerprint density at radius 2 is 1.21 bits per heavy atom. The monoisotopic (exact) mass is 206 g/mol. The number of aliphatic hydroxyl groups excluding tert-OH is 2. The van der Waals surface area contributed by atoms with E-state index in [1.165, 1.54) is 0 Å². The van der Waals surface area contributed by atoms with E-state index in [-0.39, 0.29) is 0 Å². The quantitative estimate of drug-likeness (QED) is 0.440. The molecule has 2 unspecified atom stereocenters. The Morgan fingerprint density at radius 1 is 0.857 bits per heavy atom. The van der Waals surface area contributed by atoms with Crippen molar-refractivity contribution < 1.29 is 19.7 Å². The van der Waals surface area contributed by atoms with Gasteiger partial charge < -0.3 is 19.7 Å². The van der Waals surface area contributed by atoms with Crippen LogP contribution in [0.4, 0.5) is 0 Å². The maximum absolute atomic E-state index is 9.05. The molecule has 0 aliphatic carbocycles. The van der Waals surface area contributed by atoms with Crippen molar-refractivity contribution in [3.8, 4) is 0 Å². The fraction of sp³-hybridized carbons (Fsp3) is 1.00. The van der Waals surface area contributed by atoms with Gasteiger partial charge in [-0.25, -0.2) is 0 Å². The maximum Gasteiger partial charge on any atom is 0.154 e. The number of hydrogen-bond acceptors (Lipinski definition) is 4. The highest BCUT2D eigenvalue weighted by atomic mass is 16.6. The summed E-state index contributed by atoms with van der Waals surface area (Å²) < 4.78 is 10.1. The molecule has 0 saturated heterocycles. The molecule has 0 aromatic heterocycles. The largest absolute Gasteiger partial charge is 0.368 e. The van der Waals surface area contributed by atoms with Gasteiger partial charge in [-0.2, -0.15) is 0 Å². The number of aliphatic hydroxyl groups is 2. The van der Waals surface area contributed by atoms with E-state index in [1.54, 1.807) is 0 Å². The smallest absolute Gasteiger partial charge is 0.154 e. The summed E-state index contributed by atoms with van der Waals surface area (Å²) in [7, 11) is 0. The predicted molar refractivity (Wildman–Crippen MR) is 53.7 cm³/mol. The molecule has 0 amide bonds. The Bertz CT molecular complexity index is 105. The Hall–Kier alpha value is -0.160. The first kappa shape index (κ1) is 13.8. The molecule has 0 rings (SSSR count). The molecule has 0 aliphatic rings. The molecule has 0 heterocycles. The van der Waals surface area contributed by atoms with Gasteiger partial charge in [0.25, 0.3) is 0 Å². The highest BCUT2D eigenvalue weighted by Crippen LogP contribution is 1.99. The van der Waals surface area contributed by atoms with E-state index in [1.807, 2.05) is 13.8 Å². The average molecular weight is 206 g/mol. The van der Waals surface area contributed by atoms with E-state index in [0.29, 0.717) is 26.1 Å². The van der Waals surface area contributed by atoms with Gasteiger partial charge in [0.1, 0.15) is 0 Å². The maximum atomic E-state index is 9.05. The molecule has 0 aromatic rings. The van der Waals surface area contributed by atoms with Gasteiger partial charge in [-0.05, 0) is 25.7 Å². The molecule has 4 nitrogen and oxygen atoms in total. The van der Waals surface area contributed by atoms with Crippen molar-refractivity contribution in [2.24, 2.45) is 0 Å². The lowest BCUT2D eigenvalue weighted by Gasteiger charge is -2.11. The lowest BCUT2D eigenvalue weighted by molar-refractivity contribution is -0.112. The zero-order valence-electron chi connectivity index (χ0n) is 9.11. The van der Waals surface area contributed by atoms with Gasteiger partial charge in [-0.15, -0.1) is 0 Å². The summed E-state index contributed by atoms with van der Waals surface area (Å²) in [5, 5.41) is 18.1. The Morgan fingerprint density at radius 3 is 1.50 bits per heavy atom. The van der Waals surface area contributed by atoms with Gasteiger partial charge in [0.2, 0.25) is 0 Å². The number of rotatable bonds is 9. The van der Waals surface area contributed by atoms with Gasteiger partial charge in [0, 0.05) is 13.2 Å². The van der Waals surface area contributed by atoms with Crippen molar-refractivity contribution >= 4 is 0 Å². The fourth-order valence-corrected chi connectivity index (χ4v) is 0.879. The average Bonchev–Trinajstić information content (AvgIpc) is 2.22. The first-order valence-electron chi connectivity index (χ1n) is 5.30. The molecular weight excluding hydrogens is 184 g/mol. The van der Waals surface area contributed by atoms with Crippen molar-refractivity contribution in [3.63, 3.8) is 0 Å². The minimum absolute atomic E-state index is 0.542. The van der Waals surface area contributed by atoms with Gasteiger partial charge in [-0.1, -0.05) is 13.8 Å². The fourth-order valence-electron chi connectivity index (χ4n) is 0.879. The molecule has 0 aromatic carbocycles. The van der Waals surface area contributed by atoms with Crippen LogP contribution in [0.15, 0.2) is 0 Å². The number of hydrogen-bond donors (Lipinski definition) is 2. The summed E-state index contributed by atoms with van der Waals surface area (Å²) in [6, 6.07) is 0. The minimum Gasteiger partial charge on any atom is -0.368 e. The van der Waals surface area contributed by atoms with Crippen molar-refractivity contribution in [1.29, 1.82) is 0 Å². The van der Waals surface area contributed by atoms with Crippen LogP contribution >= 0.6 is 0 Å². The zero-order valence-corrected chi connectivity index (χ0v) is 9.11. The van der Waals surface area contributed by atoms with Crippen LogP contribution < -0.4 is 0 Å². The Kier molecular flexibility index (Phi) is 9.29. The molecule has 2 atom stereocenters. The van der Waals surface area contributed by atoms with Crippen LogP contribution in [-0.2, 0) is 9.47 Å². The summed E-state index contributed by atoms with van der Waals surface area (Å²) in [5.74, 6) is 0. The van der Waals surface area contributed by atoms with Gasteiger partial charge in [0.15, 0.2) is 12.6 Å². The molecule has 0 fully saturated rings. The lowest BCUT2D eigenvalue weighted by atomic mass is 10.3. The molecular formula is C10H22O4. The highest BCUT2D eigenvalue weighted by molar-refractivity contribution is 4.41. The summed E-state index contributed by atoms with van der Waals surface area (Å²) in [4.78, 5) is 0. The van der Waals surface area contributed by atoms with E-state index in [4.69, 9.17) is 19.7 Å². The zero-order chi connectivity index (χ0) is 10.8. The van der Waals surface area contributed by atoms with Crippen molar-refractivity contribution in [3.05, 3.63) is 0 Å². The second kappa shape index (κ2) is 9.40. The topological polar surface area (TPSA) is 58.9 Å². The summed E-state index contributed by atoms with van der Waals surface area (Å²) in [6.45, 7) is 4.82.